The van der Waals surface area contributed by atoms with Gasteiger partial charge in [0.25, 0.3) is 0 Å². The first-order valence-electron chi connectivity index (χ1n) is 6.16. The third kappa shape index (κ3) is 8.57. The van der Waals surface area contributed by atoms with Gasteiger partial charge in [0, 0.05) is 25.4 Å². The molecule has 0 aromatic heterocycles. The van der Waals surface area contributed by atoms with Crippen LogP contribution in [0.5, 0.6) is 0 Å². The number of rotatable bonds is 7. The highest BCUT2D eigenvalue weighted by molar-refractivity contribution is 7.90. The van der Waals surface area contributed by atoms with E-state index in [9.17, 15) is 8.42 Å². The van der Waals surface area contributed by atoms with Crippen molar-refractivity contribution in [2.75, 3.05) is 38.7 Å². The predicted octanol–water partition coefficient (Wildman–Crippen LogP) is 0.987. The van der Waals surface area contributed by atoms with Crippen LogP contribution in [-0.4, -0.2) is 58.1 Å². The minimum atomic E-state index is -2.86. The van der Waals surface area contributed by atoms with E-state index in [0.29, 0.717) is 12.6 Å². The summed E-state index contributed by atoms with van der Waals surface area (Å²) in [7, 11) is -0.891. The van der Waals surface area contributed by atoms with Crippen LogP contribution in [0.3, 0.4) is 0 Å². The molecule has 5 heteroatoms. The molecule has 104 valence electrons. The zero-order valence-electron chi connectivity index (χ0n) is 12.1. The molecule has 0 rings (SSSR count). The summed E-state index contributed by atoms with van der Waals surface area (Å²) in [5, 5.41) is 3.46. The van der Waals surface area contributed by atoms with Crippen molar-refractivity contribution in [3.05, 3.63) is 0 Å². The van der Waals surface area contributed by atoms with E-state index in [4.69, 9.17) is 0 Å². The first kappa shape index (κ1) is 16.9. The Hall–Kier alpha value is -0.130. The smallest absolute Gasteiger partial charge is 0.148 e. The van der Waals surface area contributed by atoms with E-state index in [-0.39, 0.29) is 11.2 Å². The Bertz CT molecular complexity index is 307. The molecule has 4 nitrogen and oxygen atoms in total. The quantitative estimate of drug-likeness (QED) is 0.745. The number of likely N-dealkylation sites (N-methyl/N-ethyl adjacent to an activating group) is 2. The molecule has 0 aliphatic carbocycles. The summed E-state index contributed by atoms with van der Waals surface area (Å²) >= 11 is 0. The zero-order chi connectivity index (χ0) is 13.7. The number of hydrogen-bond acceptors (Lipinski definition) is 4. The molecule has 1 N–H and O–H groups in total. The molecule has 0 amide bonds. The second kappa shape index (κ2) is 6.71. The van der Waals surface area contributed by atoms with Crippen molar-refractivity contribution in [2.24, 2.45) is 5.41 Å². The lowest BCUT2D eigenvalue weighted by Crippen LogP contribution is -2.48. The molecule has 0 fully saturated rings. The Balaban J connectivity index is 4.27. The third-order valence-electron chi connectivity index (χ3n) is 2.83. The fraction of sp³-hybridized carbons (Fsp3) is 1.00. The highest BCUT2D eigenvalue weighted by Gasteiger charge is 2.24. The van der Waals surface area contributed by atoms with Crippen LogP contribution < -0.4 is 5.32 Å². The topological polar surface area (TPSA) is 49.4 Å². The van der Waals surface area contributed by atoms with Gasteiger partial charge >= 0.3 is 0 Å². The van der Waals surface area contributed by atoms with Crippen molar-refractivity contribution in [3.63, 3.8) is 0 Å². The van der Waals surface area contributed by atoms with Gasteiger partial charge in [0.2, 0.25) is 0 Å². The average Bonchev–Trinajstić information content (AvgIpc) is 2.11. The fourth-order valence-corrected chi connectivity index (χ4v) is 2.26. The van der Waals surface area contributed by atoms with Crippen LogP contribution >= 0.6 is 0 Å². The average molecular weight is 264 g/mol. The van der Waals surface area contributed by atoms with Crippen LogP contribution in [0.25, 0.3) is 0 Å². The predicted molar refractivity (Wildman–Crippen MR) is 74.1 cm³/mol. The van der Waals surface area contributed by atoms with Gasteiger partial charge in [-0.1, -0.05) is 27.7 Å². The van der Waals surface area contributed by atoms with E-state index in [2.05, 4.69) is 37.9 Å². The van der Waals surface area contributed by atoms with Gasteiger partial charge in [0.15, 0.2) is 0 Å². The van der Waals surface area contributed by atoms with Gasteiger partial charge in [-0.25, -0.2) is 8.42 Å². The summed E-state index contributed by atoms with van der Waals surface area (Å²) in [6, 6.07) is 0.372. The number of hydrogen-bond donors (Lipinski definition) is 1. The summed E-state index contributed by atoms with van der Waals surface area (Å²) in [4.78, 5) is 2.08. The van der Waals surface area contributed by atoms with Crippen molar-refractivity contribution in [1.29, 1.82) is 0 Å². The van der Waals surface area contributed by atoms with E-state index in [1.165, 1.54) is 6.26 Å². The zero-order valence-corrected chi connectivity index (χ0v) is 12.9. The maximum atomic E-state index is 11.1. The molecule has 0 aliphatic heterocycles. The van der Waals surface area contributed by atoms with Crippen molar-refractivity contribution in [1.82, 2.24) is 10.2 Å². The van der Waals surface area contributed by atoms with Crippen LogP contribution in [-0.2, 0) is 9.84 Å². The Morgan fingerprint density at radius 3 is 2.18 bits per heavy atom. The SMILES string of the molecule is CCNC(CN(C)CCS(C)(=O)=O)C(C)(C)C. The second-order valence-corrected chi connectivity index (χ2v) is 8.13. The Labute approximate surface area is 107 Å². The molecule has 0 aromatic rings. The first-order valence-corrected chi connectivity index (χ1v) is 8.22. The lowest BCUT2D eigenvalue weighted by Gasteiger charge is -2.34. The molecule has 0 saturated heterocycles. The van der Waals surface area contributed by atoms with E-state index >= 15 is 0 Å². The Morgan fingerprint density at radius 2 is 1.82 bits per heavy atom. The molecule has 0 heterocycles. The molecular weight excluding hydrogens is 236 g/mol. The molecule has 17 heavy (non-hydrogen) atoms. The minimum absolute atomic E-state index is 0.176. The van der Waals surface area contributed by atoms with E-state index in [1.54, 1.807) is 0 Å². The number of nitrogens with one attached hydrogen (secondary N) is 1. The van der Waals surface area contributed by atoms with Crippen LogP contribution in [0.15, 0.2) is 0 Å². The van der Waals surface area contributed by atoms with Gasteiger partial charge in [0.1, 0.15) is 9.84 Å². The summed E-state index contributed by atoms with van der Waals surface area (Å²) in [5.74, 6) is 0.229. The molecule has 0 bridgehead atoms. The highest BCUT2D eigenvalue weighted by Crippen LogP contribution is 2.19. The number of nitrogens with zero attached hydrogens (tertiary/aromatic N) is 1. The van der Waals surface area contributed by atoms with Crippen molar-refractivity contribution in [2.45, 2.75) is 33.7 Å². The molecule has 1 unspecified atom stereocenters. The van der Waals surface area contributed by atoms with Gasteiger partial charge in [-0.2, -0.15) is 0 Å². The largest absolute Gasteiger partial charge is 0.312 e. The Morgan fingerprint density at radius 1 is 1.29 bits per heavy atom. The molecule has 0 radical (unpaired) electrons. The van der Waals surface area contributed by atoms with E-state index in [1.807, 2.05) is 7.05 Å². The van der Waals surface area contributed by atoms with E-state index in [0.717, 1.165) is 13.1 Å². The van der Waals surface area contributed by atoms with E-state index < -0.39 is 9.84 Å². The molecule has 0 aliphatic rings. The van der Waals surface area contributed by atoms with Gasteiger partial charge in [-0.15, -0.1) is 0 Å². The number of sulfone groups is 1. The molecule has 0 aromatic carbocycles. The lowest BCUT2D eigenvalue weighted by atomic mass is 9.86. The Kier molecular flexibility index (Phi) is 6.66. The van der Waals surface area contributed by atoms with Gasteiger partial charge in [0.05, 0.1) is 5.75 Å². The lowest BCUT2D eigenvalue weighted by molar-refractivity contribution is 0.201. The third-order valence-corrected chi connectivity index (χ3v) is 3.76. The fourth-order valence-electron chi connectivity index (χ4n) is 1.62. The van der Waals surface area contributed by atoms with Gasteiger partial charge in [-0.05, 0) is 19.0 Å². The van der Waals surface area contributed by atoms with Crippen LogP contribution in [0.2, 0.25) is 0 Å². The second-order valence-electron chi connectivity index (χ2n) is 5.87. The van der Waals surface area contributed by atoms with Gasteiger partial charge < -0.3 is 10.2 Å². The summed E-state index contributed by atoms with van der Waals surface area (Å²) in [6.45, 7) is 11.1. The molecular formula is C12H28N2O2S. The van der Waals surface area contributed by atoms with Crippen LogP contribution in [0.1, 0.15) is 27.7 Å². The molecule has 0 spiro atoms. The summed E-state index contributed by atoms with van der Waals surface area (Å²) in [5.41, 5.74) is 0.176. The van der Waals surface area contributed by atoms with Crippen LogP contribution in [0.4, 0.5) is 0 Å². The van der Waals surface area contributed by atoms with Crippen molar-refractivity contribution in [3.8, 4) is 0 Å². The molecule has 0 saturated carbocycles. The monoisotopic (exact) mass is 264 g/mol. The van der Waals surface area contributed by atoms with Crippen molar-refractivity contribution < 1.29 is 8.42 Å². The molecule has 1 atom stereocenters. The van der Waals surface area contributed by atoms with Crippen LogP contribution in [0, 0.1) is 5.41 Å². The maximum Gasteiger partial charge on any atom is 0.148 e. The minimum Gasteiger partial charge on any atom is -0.312 e. The summed E-state index contributed by atoms with van der Waals surface area (Å²) < 4.78 is 22.2. The van der Waals surface area contributed by atoms with Crippen molar-refractivity contribution >= 4 is 9.84 Å². The first-order chi connectivity index (χ1) is 7.56. The normalized spacial score (nSPS) is 15.2. The maximum absolute atomic E-state index is 11.1. The highest BCUT2D eigenvalue weighted by atomic mass is 32.2. The standard InChI is InChI=1S/C12H28N2O2S/c1-7-13-11(12(2,3)4)10-14(5)8-9-17(6,15)16/h11,13H,7-10H2,1-6H3. The summed E-state index contributed by atoms with van der Waals surface area (Å²) in [6.07, 6.45) is 1.28. The van der Waals surface area contributed by atoms with Gasteiger partial charge in [-0.3, -0.25) is 0 Å².